The molecule has 0 radical (unpaired) electrons. The van der Waals surface area contributed by atoms with Gasteiger partial charge in [0.1, 0.15) is 5.60 Å². The van der Waals surface area contributed by atoms with E-state index in [0.29, 0.717) is 32.5 Å². The first-order chi connectivity index (χ1) is 10.3. The van der Waals surface area contributed by atoms with Gasteiger partial charge in [0.05, 0.1) is 18.1 Å². The van der Waals surface area contributed by atoms with Gasteiger partial charge in [-0.05, 0) is 34.1 Å². The Morgan fingerprint density at radius 2 is 2.05 bits per heavy atom. The molecule has 1 saturated heterocycles. The molecule has 0 bridgehead atoms. The molecule has 0 aromatic carbocycles. The Bertz CT molecular complexity index is 458. The highest BCUT2D eigenvalue weighted by atomic mass is 16.6. The van der Waals surface area contributed by atoms with E-state index in [-0.39, 0.29) is 18.1 Å². The minimum absolute atomic E-state index is 0.129. The summed E-state index contributed by atoms with van der Waals surface area (Å²) < 4.78 is 5.40. The number of carbonyl (C=O) groups is 1. The molecule has 6 heteroatoms. The van der Waals surface area contributed by atoms with E-state index in [4.69, 9.17) is 15.3 Å². The molecular weight excluding hydrogens is 280 g/mol. The van der Waals surface area contributed by atoms with Gasteiger partial charge in [0.2, 0.25) is 0 Å². The van der Waals surface area contributed by atoms with Crippen molar-refractivity contribution < 1.29 is 9.53 Å². The van der Waals surface area contributed by atoms with Crippen LogP contribution >= 0.6 is 0 Å². The summed E-state index contributed by atoms with van der Waals surface area (Å²) >= 11 is 0. The van der Waals surface area contributed by atoms with E-state index in [1.54, 1.807) is 4.90 Å². The van der Waals surface area contributed by atoms with Crippen molar-refractivity contribution in [3.8, 4) is 12.1 Å². The van der Waals surface area contributed by atoms with Gasteiger partial charge in [-0.1, -0.05) is 0 Å². The fraction of sp³-hybridized carbons (Fsp3) is 0.812. The summed E-state index contributed by atoms with van der Waals surface area (Å²) in [5.41, 5.74) is -0.485. The minimum atomic E-state index is -0.485. The van der Waals surface area contributed by atoms with Gasteiger partial charge >= 0.3 is 6.09 Å². The highest BCUT2D eigenvalue weighted by Crippen LogP contribution is 2.17. The van der Waals surface area contributed by atoms with E-state index >= 15 is 0 Å². The Labute approximate surface area is 133 Å². The number of nitriles is 2. The maximum atomic E-state index is 12.1. The van der Waals surface area contributed by atoms with Crippen LogP contribution in [0, 0.1) is 28.6 Å². The number of nitrogens with zero attached hydrogens (tertiary/aromatic N) is 4. The average molecular weight is 306 g/mol. The third-order valence-electron chi connectivity index (χ3n) is 3.66. The Kier molecular flexibility index (Phi) is 6.64. The lowest BCUT2D eigenvalue weighted by atomic mass is 10.0. The smallest absolute Gasteiger partial charge is 0.410 e. The summed E-state index contributed by atoms with van der Waals surface area (Å²) in [4.78, 5) is 16.0. The van der Waals surface area contributed by atoms with Gasteiger partial charge < -0.3 is 9.64 Å². The van der Waals surface area contributed by atoms with Crippen LogP contribution in [0.25, 0.3) is 0 Å². The van der Waals surface area contributed by atoms with Gasteiger partial charge in [0.15, 0.2) is 0 Å². The minimum Gasteiger partial charge on any atom is -0.444 e. The van der Waals surface area contributed by atoms with Crippen molar-refractivity contribution in [2.45, 2.75) is 52.2 Å². The van der Waals surface area contributed by atoms with E-state index in [9.17, 15) is 4.79 Å². The largest absolute Gasteiger partial charge is 0.444 e. The summed E-state index contributed by atoms with van der Waals surface area (Å²) in [6.07, 6.45) is 0.733. The lowest BCUT2D eigenvalue weighted by Crippen LogP contribution is -2.55. The molecule has 6 nitrogen and oxygen atoms in total. The van der Waals surface area contributed by atoms with Crippen molar-refractivity contribution in [3.63, 3.8) is 0 Å². The summed E-state index contributed by atoms with van der Waals surface area (Å²) in [5, 5.41) is 17.8. The maximum Gasteiger partial charge on any atom is 0.410 e. The molecule has 0 saturated carbocycles. The molecule has 0 spiro atoms. The zero-order valence-electron chi connectivity index (χ0n) is 14.0. The molecule has 1 aliphatic heterocycles. The van der Waals surface area contributed by atoms with Crippen LogP contribution in [0.1, 0.15) is 40.5 Å². The van der Waals surface area contributed by atoms with Crippen molar-refractivity contribution in [1.82, 2.24) is 9.80 Å². The monoisotopic (exact) mass is 306 g/mol. The molecule has 0 aromatic rings. The van der Waals surface area contributed by atoms with Crippen LogP contribution in [0.3, 0.4) is 0 Å². The molecule has 122 valence electrons. The van der Waals surface area contributed by atoms with Gasteiger partial charge in [0, 0.05) is 38.6 Å². The number of hydrogen-bond acceptors (Lipinski definition) is 5. The number of ether oxygens (including phenoxy) is 1. The molecule has 1 rings (SSSR count). The molecule has 0 aliphatic carbocycles. The molecule has 2 atom stereocenters. The van der Waals surface area contributed by atoms with Gasteiger partial charge in [-0.2, -0.15) is 10.5 Å². The van der Waals surface area contributed by atoms with Crippen LogP contribution in [-0.2, 0) is 4.74 Å². The van der Waals surface area contributed by atoms with Crippen LogP contribution in [0.5, 0.6) is 0 Å². The summed E-state index contributed by atoms with van der Waals surface area (Å²) in [6.45, 7) is 10.2. The molecule has 1 amide bonds. The highest BCUT2D eigenvalue weighted by Gasteiger charge is 2.30. The molecule has 2 unspecified atom stereocenters. The fourth-order valence-corrected chi connectivity index (χ4v) is 2.48. The van der Waals surface area contributed by atoms with Crippen LogP contribution in [0.15, 0.2) is 0 Å². The SMILES string of the molecule is CC1CN(C(=O)OC(C)(C)C)CCN1CC(C#N)CCC#N. The van der Waals surface area contributed by atoms with Gasteiger partial charge in [0.25, 0.3) is 0 Å². The van der Waals surface area contributed by atoms with Gasteiger partial charge in [-0.25, -0.2) is 4.79 Å². The predicted molar refractivity (Wildman–Crippen MR) is 82.8 cm³/mol. The second kappa shape index (κ2) is 8.00. The number of hydrogen-bond donors (Lipinski definition) is 0. The fourth-order valence-electron chi connectivity index (χ4n) is 2.48. The van der Waals surface area contributed by atoms with Crippen LogP contribution in [0.4, 0.5) is 4.79 Å². The lowest BCUT2D eigenvalue weighted by molar-refractivity contribution is 0.00449. The van der Waals surface area contributed by atoms with Crippen molar-refractivity contribution in [1.29, 1.82) is 10.5 Å². The average Bonchev–Trinajstić information content (AvgIpc) is 2.43. The van der Waals surface area contributed by atoms with E-state index in [1.165, 1.54) is 0 Å². The number of amides is 1. The first-order valence-electron chi connectivity index (χ1n) is 7.75. The van der Waals surface area contributed by atoms with Crippen LogP contribution < -0.4 is 0 Å². The second-order valence-electron chi connectivity index (χ2n) is 6.79. The number of carbonyl (C=O) groups excluding carboxylic acids is 1. The standard InChI is InChI=1S/C16H26N4O2/c1-13-11-20(15(21)22-16(2,3)4)9-8-19(13)12-14(10-18)6-5-7-17/h13-14H,5-6,8-9,11-12H2,1-4H3. The lowest BCUT2D eigenvalue weighted by Gasteiger charge is -2.40. The zero-order chi connectivity index (χ0) is 16.8. The Balaban J connectivity index is 2.51. The summed E-state index contributed by atoms with van der Waals surface area (Å²) in [5.74, 6) is -0.129. The molecule has 0 N–H and O–H groups in total. The highest BCUT2D eigenvalue weighted by molar-refractivity contribution is 5.68. The zero-order valence-corrected chi connectivity index (χ0v) is 14.0. The second-order valence-corrected chi connectivity index (χ2v) is 6.79. The molecule has 22 heavy (non-hydrogen) atoms. The first-order valence-corrected chi connectivity index (χ1v) is 7.75. The number of rotatable bonds is 4. The molecule has 1 aliphatic rings. The Morgan fingerprint density at radius 3 is 2.55 bits per heavy atom. The Morgan fingerprint density at radius 1 is 1.36 bits per heavy atom. The van der Waals surface area contributed by atoms with E-state index in [2.05, 4.69) is 24.0 Å². The van der Waals surface area contributed by atoms with Crippen molar-refractivity contribution in [2.24, 2.45) is 5.92 Å². The van der Waals surface area contributed by atoms with Gasteiger partial charge in [-0.3, -0.25) is 4.90 Å². The van der Waals surface area contributed by atoms with Gasteiger partial charge in [-0.15, -0.1) is 0 Å². The third-order valence-corrected chi connectivity index (χ3v) is 3.66. The molecule has 1 fully saturated rings. The maximum absolute atomic E-state index is 12.1. The summed E-state index contributed by atoms with van der Waals surface area (Å²) in [6, 6.07) is 4.54. The van der Waals surface area contributed by atoms with E-state index < -0.39 is 5.60 Å². The third kappa shape index (κ3) is 5.91. The first kappa shape index (κ1) is 18.3. The normalized spacial score (nSPS) is 20.8. The topological polar surface area (TPSA) is 80.4 Å². The van der Waals surface area contributed by atoms with Crippen LogP contribution in [-0.4, -0.2) is 53.7 Å². The number of piperazine rings is 1. The quantitative estimate of drug-likeness (QED) is 0.796. The van der Waals surface area contributed by atoms with E-state index in [0.717, 1.165) is 6.54 Å². The Hall–Kier alpha value is -1.79. The molecule has 1 heterocycles. The predicted octanol–water partition coefficient (Wildman–Crippen LogP) is 2.37. The van der Waals surface area contributed by atoms with Crippen molar-refractivity contribution in [3.05, 3.63) is 0 Å². The van der Waals surface area contributed by atoms with E-state index in [1.807, 2.05) is 20.8 Å². The molecular formula is C16H26N4O2. The molecule has 0 aromatic heterocycles. The summed E-state index contributed by atoms with van der Waals surface area (Å²) in [7, 11) is 0. The van der Waals surface area contributed by atoms with Crippen LogP contribution in [0.2, 0.25) is 0 Å². The van der Waals surface area contributed by atoms with Crippen molar-refractivity contribution >= 4 is 6.09 Å². The van der Waals surface area contributed by atoms with Crippen molar-refractivity contribution in [2.75, 3.05) is 26.2 Å².